The lowest BCUT2D eigenvalue weighted by atomic mass is 9.98. The quantitative estimate of drug-likeness (QED) is 0.0513. The number of benzene rings is 2. The number of carboxylic acid groups (broad SMARTS) is 1. The Morgan fingerprint density at radius 2 is 1.34 bits per heavy atom. The van der Waals surface area contributed by atoms with Gasteiger partial charge < -0.3 is 55.4 Å². The Morgan fingerprint density at radius 3 is 2.02 bits per heavy atom. The summed E-state index contributed by atoms with van der Waals surface area (Å²) in [6.07, 6.45) is 3.89. The molecule has 59 heavy (non-hydrogen) atoms. The number of nitrogens with one attached hydrogen (secondary N) is 5. The highest BCUT2D eigenvalue weighted by atomic mass is 32.2. The van der Waals surface area contributed by atoms with Crippen molar-refractivity contribution in [3.05, 3.63) is 59.7 Å². The summed E-state index contributed by atoms with van der Waals surface area (Å²) in [5, 5.41) is 24.1. The molecule has 3 unspecified atom stereocenters. The van der Waals surface area contributed by atoms with Crippen molar-refractivity contribution < 1.29 is 52.8 Å². The molecule has 0 aromatic heterocycles. The van der Waals surface area contributed by atoms with Gasteiger partial charge in [-0.1, -0.05) is 55.0 Å². The molecule has 1 aliphatic carbocycles. The molecule has 0 radical (unpaired) electrons. The van der Waals surface area contributed by atoms with Crippen LogP contribution in [0, 0.1) is 0 Å². The summed E-state index contributed by atoms with van der Waals surface area (Å²) in [7, 11) is 0. The Bertz CT molecular complexity index is 1620. The molecule has 0 saturated carbocycles. The molecule has 5 rings (SSSR count). The Balaban J connectivity index is 0.760. The predicted octanol–water partition coefficient (Wildman–Crippen LogP) is 3.56. The van der Waals surface area contributed by atoms with Gasteiger partial charge in [0.05, 0.1) is 64.9 Å². The van der Waals surface area contributed by atoms with Crippen molar-refractivity contribution in [2.24, 2.45) is 0 Å². The van der Waals surface area contributed by atoms with E-state index in [0.29, 0.717) is 83.9 Å². The number of alkyl carbamates (subject to hydrolysis) is 1. The van der Waals surface area contributed by atoms with E-state index in [1.807, 2.05) is 60.3 Å². The summed E-state index contributed by atoms with van der Waals surface area (Å²) in [5.41, 5.74) is 4.36. The first-order valence-electron chi connectivity index (χ1n) is 20.7. The molecule has 3 aliphatic rings. The number of carbonyl (C=O) groups excluding carboxylic acids is 4. The van der Waals surface area contributed by atoms with E-state index in [2.05, 4.69) is 26.6 Å². The average Bonchev–Trinajstić information content (AvgIpc) is 3.89. The Morgan fingerprint density at radius 1 is 0.729 bits per heavy atom. The minimum absolute atomic E-state index is 0.0174. The fourth-order valence-corrected chi connectivity index (χ4v) is 8.92. The van der Waals surface area contributed by atoms with Gasteiger partial charge >= 0.3 is 18.1 Å². The van der Waals surface area contributed by atoms with Gasteiger partial charge in [-0.05, 0) is 54.4 Å². The van der Waals surface area contributed by atoms with Crippen molar-refractivity contribution in [2.45, 2.75) is 80.7 Å². The fourth-order valence-electron chi connectivity index (χ4n) is 7.38. The first-order valence-corrected chi connectivity index (χ1v) is 21.7. The summed E-state index contributed by atoms with van der Waals surface area (Å²) in [6.45, 7) is 3.93. The second-order valence-electron chi connectivity index (χ2n) is 14.6. The van der Waals surface area contributed by atoms with E-state index in [-0.39, 0.29) is 61.9 Å². The molecule has 17 heteroatoms. The van der Waals surface area contributed by atoms with E-state index in [1.165, 1.54) is 0 Å². The molecule has 2 aromatic rings. The molecule has 2 aliphatic heterocycles. The third kappa shape index (κ3) is 15.3. The molecule has 16 nitrogen and oxygen atoms in total. The first kappa shape index (κ1) is 45.7. The number of aliphatic carboxylic acids is 1. The van der Waals surface area contributed by atoms with E-state index in [9.17, 15) is 29.1 Å². The van der Waals surface area contributed by atoms with E-state index in [0.717, 1.165) is 47.3 Å². The Hall–Kier alpha value is -4.42. The number of carbonyl (C=O) groups is 5. The van der Waals surface area contributed by atoms with Crippen molar-refractivity contribution in [3.8, 4) is 11.1 Å². The van der Waals surface area contributed by atoms with Crippen molar-refractivity contribution >= 4 is 41.7 Å². The molecule has 2 fully saturated rings. The molecule has 4 atom stereocenters. The van der Waals surface area contributed by atoms with Crippen LogP contribution in [0.25, 0.3) is 11.1 Å². The van der Waals surface area contributed by atoms with Crippen LogP contribution in [0.5, 0.6) is 0 Å². The molecule has 6 N–H and O–H groups in total. The maximum atomic E-state index is 12.6. The highest BCUT2D eigenvalue weighted by Crippen LogP contribution is 2.44. The molecule has 0 bridgehead atoms. The molecule has 2 saturated heterocycles. The number of fused-ring (bicyclic) bond motifs is 4. The van der Waals surface area contributed by atoms with Crippen molar-refractivity contribution in [1.29, 1.82) is 0 Å². The molecule has 324 valence electrons. The van der Waals surface area contributed by atoms with Gasteiger partial charge in [0, 0.05) is 42.9 Å². The normalized spacial score (nSPS) is 18.2. The van der Waals surface area contributed by atoms with Gasteiger partial charge in [-0.3, -0.25) is 9.59 Å². The van der Waals surface area contributed by atoms with E-state index >= 15 is 0 Å². The molecule has 2 aromatic carbocycles. The number of urea groups is 1. The van der Waals surface area contributed by atoms with Crippen LogP contribution in [0.2, 0.25) is 0 Å². The van der Waals surface area contributed by atoms with Crippen LogP contribution in [0.4, 0.5) is 9.59 Å². The Kier molecular flexibility index (Phi) is 19.5. The lowest BCUT2D eigenvalue weighted by Crippen LogP contribution is -2.41. The topological polar surface area (TPSA) is 212 Å². The van der Waals surface area contributed by atoms with E-state index < -0.39 is 18.1 Å². The van der Waals surface area contributed by atoms with Gasteiger partial charge in [0.15, 0.2) is 0 Å². The number of carboxylic acids is 1. The lowest BCUT2D eigenvalue weighted by Gasteiger charge is -2.17. The number of amides is 5. The monoisotopic (exact) mass is 841 g/mol. The zero-order valence-corrected chi connectivity index (χ0v) is 34.4. The molecule has 5 amide bonds. The van der Waals surface area contributed by atoms with Gasteiger partial charge in [0.25, 0.3) is 0 Å². The average molecular weight is 842 g/mol. The first-order chi connectivity index (χ1) is 28.8. The van der Waals surface area contributed by atoms with Gasteiger partial charge in [0.1, 0.15) is 12.6 Å². The van der Waals surface area contributed by atoms with Crippen molar-refractivity contribution in [1.82, 2.24) is 26.6 Å². The zero-order chi connectivity index (χ0) is 41.7. The summed E-state index contributed by atoms with van der Waals surface area (Å²) in [4.78, 5) is 60.1. The number of rotatable bonds is 29. The number of hydrogen-bond donors (Lipinski definition) is 6. The zero-order valence-electron chi connectivity index (χ0n) is 33.6. The summed E-state index contributed by atoms with van der Waals surface area (Å²) >= 11 is 1.89. The SMILES string of the molecule is O=C(CCCCC1SCC2NC(=O)NC21)NCCOCCOCCOCCOCCC(=O)NCCCC[C@H](NC(=O)OCC1c2ccccc2-c2ccccc21)C(=O)O. The molecule has 0 spiro atoms. The molecular formula is C42H59N5O11S. The van der Waals surface area contributed by atoms with Gasteiger partial charge in [-0.2, -0.15) is 11.8 Å². The third-order valence-electron chi connectivity index (χ3n) is 10.4. The van der Waals surface area contributed by atoms with Gasteiger partial charge in [-0.15, -0.1) is 0 Å². The lowest BCUT2D eigenvalue weighted by molar-refractivity contribution is -0.139. The highest BCUT2D eigenvalue weighted by Gasteiger charge is 2.42. The van der Waals surface area contributed by atoms with Gasteiger partial charge in [-0.25, -0.2) is 14.4 Å². The summed E-state index contributed by atoms with van der Waals surface area (Å²) < 4.78 is 27.4. The highest BCUT2D eigenvalue weighted by molar-refractivity contribution is 8.00. The third-order valence-corrected chi connectivity index (χ3v) is 11.9. The minimum atomic E-state index is -1.15. The minimum Gasteiger partial charge on any atom is -0.480 e. The fraction of sp³-hybridized carbons (Fsp3) is 0.595. The number of thioether (sulfide) groups is 1. The smallest absolute Gasteiger partial charge is 0.407 e. The van der Waals surface area contributed by atoms with Crippen LogP contribution in [0.3, 0.4) is 0 Å². The van der Waals surface area contributed by atoms with Crippen molar-refractivity contribution in [3.63, 3.8) is 0 Å². The second kappa shape index (κ2) is 25.3. The van der Waals surface area contributed by atoms with Crippen LogP contribution < -0.4 is 26.6 Å². The predicted molar refractivity (Wildman–Crippen MR) is 221 cm³/mol. The molecular weight excluding hydrogens is 783 g/mol. The maximum Gasteiger partial charge on any atom is 0.407 e. The summed E-state index contributed by atoms with van der Waals surface area (Å²) in [6, 6.07) is 15.2. The Labute approximate surface area is 349 Å². The van der Waals surface area contributed by atoms with Crippen LogP contribution >= 0.6 is 11.8 Å². The van der Waals surface area contributed by atoms with Crippen molar-refractivity contribution in [2.75, 3.05) is 78.3 Å². The standard InChI is InChI=1S/C42H59N5O11S/c48-37(15-6-5-14-36-39-35(28-59-36)45-41(52)47-39)44-18-20-55-22-24-57-26-25-56-23-21-54-19-16-38(49)43-17-8-7-13-34(40(50)51)46-42(53)58-27-33-31-11-3-1-9-29(31)30-10-2-4-12-32(30)33/h1-4,9-12,33-36,39H,5-8,13-28H2,(H,43,49)(H,44,48)(H,46,53)(H,50,51)(H2,45,47,52)/t34-,35?,36?,39?/m0/s1. The number of unbranched alkanes of at least 4 members (excludes halogenated alkanes) is 2. The van der Waals surface area contributed by atoms with E-state index in [1.54, 1.807) is 0 Å². The van der Waals surface area contributed by atoms with Crippen LogP contribution in [0.15, 0.2) is 48.5 Å². The second-order valence-corrected chi connectivity index (χ2v) is 15.9. The number of ether oxygens (including phenoxy) is 5. The van der Waals surface area contributed by atoms with Crippen LogP contribution in [0.1, 0.15) is 68.4 Å². The van der Waals surface area contributed by atoms with Crippen LogP contribution in [-0.4, -0.2) is 137 Å². The van der Waals surface area contributed by atoms with Crippen LogP contribution in [-0.2, 0) is 38.1 Å². The van der Waals surface area contributed by atoms with E-state index in [4.69, 9.17) is 23.7 Å². The van der Waals surface area contributed by atoms with Gasteiger partial charge in [0.2, 0.25) is 11.8 Å². The number of hydrogen-bond acceptors (Lipinski definition) is 11. The maximum absolute atomic E-state index is 12.6. The summed E-state index contributed by atoms with van der Waals surface area (Å²) in [5.74, 6) is -0.474. The molecule has 2 heterocycles. The largest absolute Gasteiger partial charge is 0.480 e.